The second-order valence-corrected chi connectivity index (χ2v) is 5.64. The van der Waals surface area contributed by atoms with E-state index in [1.54, 1.807) is 17.6 Å². The number of fused-ring (bicyclic) bond motifs is 1. The van der Waals surface area contributed by atoms with Gasteiger partial charge in [-0.15, -0.1) is 23.1 Å². The molecule has 0 aromatic carbocycles. The summed E-state index contributed by atoms with van der Waals surface area (Å²) in [5.74, 6) is 1.08. The minimum absolute atomic E-state index is 0.582. The van der Waals surface area contributed by atoms with Crippen LogP contribution in [0.4, 0.5) is 5.69 Å². The Bertz CT molecular complexity index is 435. The molecule has 1 unspecified atom stereocenters. The fourth-order valence-corrected chi connectivity index (χ4v) is 3.88. The zero-order chi connectivity index (χ0) is 10.1. The predicted molar refractivity (Wildman–Crippen MR) is 64.9 cm³/mol. The van der Waals surface area contributed by atoms with E-state index in [4.69, 9.17) is 4.42 Å². The van der Waals surface area contributed by atoms with E-state index < -0.39 is 0 Å². The Labute approximate surface area is 96.7 Å². The Hall–Kier alpha value is -0.870. The molecule has 15 heavy (non-hydrogen) atoms. The highest BCUT2D eigenvalue weighted by molar-refractivity contribution is 8.00. The van der Waals surface area contributed by atoms with Crippen LogP contribution >= 0.6 is 23.1 Å². The van der Waals surface area contributed by atoms with Crippen molar-refractivity contribution in [1.82, 2.24) is 0 Å². The number of thioether (sulfide) groups is 1. The Kier molecular flexibility index (Phi) is 2.46. The average Bonchev–Trinajstić information content (AvgIpc) is 2.87. The van der Waals surface area contributed by atoms with Crippen LogP contribution < -0.4 is 5.32 Å². The van der Waals surface area contributed by atoms with Gasteiger partial charge >= 0.3 is 0 Å². The number of thiophene rings is 1. The van der Waals surface area contributed by atoms with Gasteiger partial charge < -0.3 is 9.73 Å². The van der Waals surface area contributed by atoms with Gasteiger partial charge in [-0.25, -0.2) is 0 Å². The van der Waals surface area contributed by atoms with Gasteiger partial charge in [-0.1, -0.05) is 0 Å². The molecule has 78 valence electrons. The van der Waals surface area contributed by atoms with Crippen LogP contribution in [0, 0.1) is 0 Å². The molecule has 3 heterocycles. The molecule has 2 aromatic rings. The number of furan rings is 1. The average molecular weight is 237 g/mol. The van der Waals surface area contributed by atoms with Crippen LogP contribution in [-0.2, 0) is 6.42 Å². The maximum absolute atomic E-state index is 5.37. The van der Waals surface area contributed by atoms with Crippen LogP contribution in [0.25, 0.3) is 0 Å². The van der Waals surface area contributed by atoms with Gasteiger partial charge in [0.05, 0.1) is 12.0 Å². The number of hydrogen-bond acceptors (Lipinski definition) is 4. The zero-order valence-corrected chi connectivity index (χ0v) is 9.74. The lowest BCUT2D eigenvalue weighted by Gasteiger charge is -2.22. The van der Waals surface area contributed by atoms with Gasteiger partial charge in [0.15, 0.2) is 0 Å². The van der Waals surface area contributed by atoms with E-state index in [2.05, 4.69) is 16.1 Å². The molecule has 0 bridgehead atoms. The highest BCUT2D eigenvalue weighted by Gasteiger charge is 2.20. The molecule has 4 heteroatoms. The van der Waals surface area contributed by atoms with Gasteiger partial charge in [-0.05, 0) is 12.1 Å². The molecule has 1 atom stereocenters. The molecule has 2 nitrogen and oxygen atoms in total. The van der Waals surface area contributed by atoms with Crippen LogP contribution in [0.5, 0.6) is 0 Å². The molecule has 0 spiro atoms. The number of nitrogens with one attached hydrogen (secondary N) is 1. The van der Waals surface area contributed by atoms with Crippen molar-refractivity contribution in [2.75, 3.05) is 11.9 Å². The maximum atomic E-state index is 5.37. The normalized spacial score (nSPS) is 19.6. The molecule has 2 aromatic heterocycles. The minimum atomic E-state index is 0.582. The first kappa shape index (κ1) is 9.36. The van der Waals surface area contributed by atoms with Gasteiger partial charge in [0.25, 0.3) is 0 Å². The van der Waals surface area contributed by atoms with Crippen molar-refractivity contribution in [3.05, 3.63) is 34.9 Å². The van der Waals surface area contributed by atoms with Crippen LogP contribution in [-0.4, -0.2) is 11.8 Å². The van der Waals surface area contributed by atoms with Crippen molar-refractivity contribution < 1.29 is 4.42 Å². The Morgan fingerprint density at radius 2 is 2.47 bits per heavy atom. The van der Waals surface area contributed by atoms with Crippen LogP contribution in [0.2, 0.25) is 0 Å². The zero-order valence-electron chi connectivity index (χ0n) is 8.10. The van der Waals surface area contributed by atoms with E-state index in [0.29, 0.717) is 5.25 Å². The third kappa shape index (κ3) is 1.92. The SMILES string of the molecule is c1coc(CC2CNc3cscc3S2)c1. The van der Waals surface area contributed by atoms with Gasteiger partial charge in [0.2, 0.25) is 0 Å². The lowest BCUT2D eigenvalue weighted by molar-refractivity contribution is 0.506. The van der Waals surface area contributed by atoms with Gasteiger partial charge in [0.1, 0.15) is 5.76 Å². The Morgan fingerprint density at radius 1 is 1.47 bits per heavy atom. The summed E-state index contributed by atoms with van der Waals surface area (Å²) < 4.78 is 5.37. The minimum Gasteiger partial charge on any atom is -0.469 e. The molecule has 0 saturated heterocycles. The predicted octanol–water partition coefficient (Wildman–Crippen LogP) is 3.47. The van der Waals surface area contributed by atoms with Crippen molar-refractivity contribution in [3.63, 3.8) is 0 Å². The molecule has 0 radical (unpaired) electrons. The molecular weight excluding hydrogens is 226 g/mol. The van der Waals surface area contributed by atoms with E-state index in [1.807, 2.05) is 23.9 Å². The van der Waals surface area contributed by atoms with Crippen molar-refractivity contribution in [3.8, 4) is 0 Å². The van der Waals surface area contributed by atoms with E-state index in [0.717, 1.165) is 18.7 Å². The summed E-state index contributed by atoms with van der Waals surface area (Å²) in [5.41, 5.74) is 1.29. The van der Waals surface area contributed by atoms with Crippen molar-refractivity contribution in [1.29, 1.82) is 0 Å². The van der Waals surface area contributed by atoms with Gasteiger partial charge in [0, 0.05) is 33.9 Å². The smallest absolute Gasteiger partial charge is 0.104 e. The summed E-state index contributed by atoms with van der Waals surface area (Å²) in [7, 11) is 0. The Morgan fingerprint density at radius 3 is 3.33 bits per heavy atom. The first-order chi connectivity index (χ1) is 7.42. The summed E-state index contributed by atoms with van der Waals surface area (Å²) >= 11 is 3.71. The second-order valence-electron chi connectivity index (χ2n) is 3.55. The van der Waals surface area contributed by atoms with Gasteiger partial charge in [-0.3, -0.25) is 0 Å². The standard InChI is InChI=1S/C11H11NOS2/c1-2-8(13-3-1)4-9-5-12-10-6-14-7-11(10)15-9/h1-3,6-7,9,12H,4-5H2. The van der Waals surface area contributed by atoms with E-state index in [1.165, 1.54) is 10.6 Å². The third-order valence-corrected chi connectivity index (χ3v) is 4.60. The highest BCUT2D eigenvalue weighted by Crippen LogP contribution is 2.38. The third-order valence-electron chi connectivity index (χ3n) is 2.45. The monoisotopic (exact) mass is 237 g/mol. The lowest BCUT2D eigenvalue weighted by Crippen LogP contribution is -2.22. The molecule has 1 aliphatic rings. The molecule has 1 aliphatic heterocycles. The second kappa shape index (κ2) is 3.94. The van der Waals surface area contributed by atoms with Crippen molar-refractivity contribution >= 4 is 28.8 Å². The van der Waals surface area contributed by atoms with E-state index >= 15 is 0 Å². The number of hydrogen-bond donors (Lipinski definition) is 1. The Balaban J connectivity index is 1.71. The maximum Gasteiger partial charge on any atom is 0.104 e. The summed E-state index contributed by atoms with van der Waals surface area (Å²) in [4.78, 5) is 1.38. The topological polar surface area (TPSA) is 25.2 Å². The first-order valence-electron chi connectivity index (χ1n) is 4.91. The molecule has 0 amide bonds. The van der Waals surface area contributed by atoms with Crippen molar-refractivity contribution in [2.24, 2.45) is 0 Å². The van der Waals surface area contributed by atoms with Crippen LogP contribution in [0.15, 0.2) is 38.5 Å². The largest absolute Gasteiger partial charge is 0.469 e. The molecular formula is C11H11NOS2. The lowest BCUT2D eigenvalue weighted by atomic mass is 10.2. The summed E-state index contributed by atoms with van der Waals surface area (Å²) in [5, 5.41) is 8.42. The molecule has 0 saturated carbocycles. The quantitative estimate of drug-likeness (QED) is 0.865. The summed E-state index contributed by atoms with van der Waals surface area (Å²) in [6, 6.07) is 4.00. The molecule has 3 rings (SSSR count). The number of rotatable bonds is 2. The highest BCUT2D eigenvalue weighted by atomic mass is 32.2. The van der Waals surface area contributed by atoms with Gasteiger partial charge in [-0.2, -0.15) is 0 Å². The van der Waals surface area contributed by atoms with Crippen molar-refractivity contribution in [2.45, 2.75) is 16.6 Å². The fourth-order valence-electron chi connectivity index (χ4n) is 1.72. The fraction of sp³-hybridized carbons (Fsp3) is 0.273. The van der Waals surface area contributed by atoms with E-state index in [-0.39, 0.29) is 0 Å². The van der Waals surface area contributed by atoms with Crippen LogP contribution in [0.1, 0.15) is 5.76 Å². The number of anilines is 1. The first-order valence-corrected chi connectivity index (χ1v) is 6.73. The summed E-state index contributed by atoms with van der Waals surface area (Å²) in [6.07, 6.45) is 2.74. The van der Waals surface area contributed by atoms with Crippen LogP contribution in [0.3, 0.4) is 0 Å². The molecule has 0 fully saturated rings. The molecule has 1 N–H and O–H groups in total. The molecule has 0 aliphatic carbocycles. The van der Waals surface area contributed by atoms with E-state index in [9.17, 15) is 0 Å². The summed E-state index contributed by atoms with van der Waals surface area (Å²) in [6.45, 7) is 1.02.